The van der Waals surface area contributed by atoms with Gasteiger partial charge >= 0.3 is 0 Å². The second-order valence-corrected chi connectivity index (χ2v) is 3.68. The Morgan fingerprint density at radius 3 is 2.93 bits per heavy atom. The summed E-state index contributed by atoms with van der Waals surface area (Å²) in [5, 5.41) is 4.12. The van der Waals surface area contributed by atoms with E-state index < -0.39 is 0 Å². The number of hydrogen-bond acceptors (Lipinski definition) is 2. The van der Waals surface area contributed by atoms with Crippen molar-refractivity contribution in [2.45, 2.75) is 18.8 Å². The predicted octanol–water partition coefficient (Wildman–Crippen LogP) is 1.60. The van der Waals surface area contributed by atoms with E-state index in [0.29, 0.717) is 5.88 Å². The van der Waals surface area contributed by atoms with Crippen LogP contribution in [0.3, 0.4) is 0 Å². The largest absolute Gasteiger partial charge is 0.333 e. The zero-order valence-corrected chi connectivity index (χ0v) is 9.35. The first-order valence-corrected chi connectivity index (χ1v) is 5.36. The van der Waals surface area contributed by atoms with E-state index in [1.165, 1.54) is 5.69 Å². The molecule has 2 aromatic heterocycles. The van der Waals surface area contributed by atoms with Crippen LogP contribution >= 0.6 is 11.6 Å². The Labute approximate surface area is 93.5 Å². The number of halogens is 1. The molecule has 0 aliphatic carbocycles. The van der Waals surface area contributed by atoms with Gasteiger partial charge in [-0.25, -0.2) is 4.98 Å². The van der Waals surface area contributed by atoms with Gasteiger partial charge < -0.3 is 4.57 Å². The van der Waals surface area contributed by atoms with Gasteiger partial charge in [0, 0.05) is 38.1 Å². The third-order valence-electron chi connectivity index (χ3n) is 2.47. The van der Waals surface area contributed by atoms with Gasteiger partial charge in [-0.05, 0) is 6.07 Å². The summed E-state index contributed by atoms with van der Waals surface area (Å²) in [4.78, 5) is 4.07. The van der Waals surface area contributed by atoms with E-state index in [-0.39, 0.29) is 0 Å². The lowest BCUT2D eigenvalue weighted by Crippen LogP contribution is -2.06. The van der Waals surface area contributed by atoms with Crippen molar-refractivity contribution in [2.75, 3.05) is 0 Å². The van der Waals surface area contributed by atoms with Crippen LogP contribution in [-0.4, -0.2) is 19.3 Å². The summed E-state index contributed by atoms with van der Waals surface area (Å²) in [6, 6.07) is 2.03. The monoisotopic (exact) mass is 224 g/mol. The zero-order valence-electron chi connectivity index (χ0n) is 8.60. The average Bonchev–Trinajstić information content (AvgIpc) is 2.83. The molecular weight excluding hydrogens is 212 g/mol. The highest BCUT2D eigenvalue weighted by Crippen LogP contribution is 2.06. The summed E-state index contributed by atoms with van der Waals surface area (Å²) < 4.78 is 3.96. The van der Waals surface area contributed by atoms with Crippen molar-refractivity contribution < 1.29 is 0 Å². The molecule has 5 heteroatoms. The van der Waals surface area contributed by atoms with E-state index in [0.717, 1.165) is 18.7 Å². The van der Waals surface area contributed by atoms with Crippen LogP contribution in [0.15, 0.2) is 24.8 Å². The molecule has 15 heavy (non-hydrogen) atoms. The Bertz CT molecular complexity index is 432. The fraction of sp³-hybridized carbons (Fsp3) is 0.400. The molecule has 4 nitrogen and oxygen atoms in total. The van der Waals surface area contributed by atoms with Crippen LogP contribution in [0.2, 0.25) is 0 Å². The van der Waals surface area contributed by atoms with E-state index >= 15 is 0 Å². The van der Waals surface area contributed by atoms with Crippen LogP contribution in [0.4, 0.5) is 0 Å². The third kappa shape index (κ3) is 2.21. The van der Waals surface area contributed by atoms with E-state index in [2.05, 4.69) is 14.6 Å². The molecule has 0 aromatic carbocycles. The number of hydrogen-bond donors (Lipinski definition) is 0. The first-order chi connectivity index (χ1) is 7.31. The van der Waals surface area contributed by atoms with Crippen molar-refractivity contribution in [2.24, 2.45) is 7.05 Å². The fourth-order valence-electron chi connectivity index (χ4n) is 1.54. The number of imidazole rings is 1. The van der Waals surface area contributed by atoms with Crippen LogP contribution in [0, 0.1) is 0 Å². The summed E-state index contributed by atoms with van der Waals surface area (Å²) in [6.07, 6.45) is 6.37. The molecule has 0 amide bonds. The molecule has 0 saturated heterocycles. The molecule has 0 aliphatic rings. The maximum absolute atomic E-state index is 5.79. The van der Waals surface area contributed by atoms with Crippen LogP contribution in [0.1, 0.15) is 11.4 Å². The van der Waals surface area contributed by atoms with Gasteiger partial charge in [-0.2, -0.15) is 5.10 Å². The zero-order chi connectivity index (χ0) is 10.7. The molecule has 0 unspecified atom stereocenters. The first kappa shape index (κ1) is 10.2. The predicted molar refractivity (Wildman–Crippen MR) is 58.7 cm³/mol. The van der Waals surface area contributed by atoms with Gasteiger partial charge in [-0.15, -0.1) is 11.6 Å². The molecular formula is C10H13ClN4. The molecule has 2 rings (SSSR count). The average molecular weight is 225 g/mol. The summed E-state index contributed by atoms with van der Waals surface area (Å²) in [5.74, 6) is 0.505. The molecule has 2 heterocycles. The first-order valence-electron chi connectivity index (χ1n) is 4.83. The van der Waals surface area contributed by atoms with E-state index in [4.69, 9.17) is 11.6 Å². The highest BCUT2D eigenvalue weighted by atomic mass is 35.5. The van der Waals surface area contributed by atoms with Crippen molar-refractivity contribution in [3.05, 3.63) is 36.2 Å². The molecule has 0 bridgehead atoms. The van der Waals surface area contributed by atoms with Crippen LogP contribution in [-0.2, 0) is 25.9 Å². The molecule has 0 fully saturated rings. The number of aromatic nitrogens is 4. The molecule has 0 N–H and O–H groups in total. The number of rotatable bonds is 4. The highest BCUT2D eigenvalue weighted by molar-refractivity contribution is 6.16. The summed E-state index contributed by atoms with van der Waals surface area (Å²) in [7, 11) is 1.95. The molecule has 80 valence electrons. The smallest absolute Gasteiger partial charge is 0.0948 e. The lowest BCUT2D eigenvalue weighted by atomic mass is 10.3. The van der Waals surface area contributed by atoms with Gasteiger partial charge in [0.25, 0.3) is 0 Å². The van der Waals surface area contributed by atoms with Gasteiger partial charge in [0.05, 0.1) is 17.9 Å². The molecule has 0 radical (unpaired) electrons. The van der Waals surface area contributed by atoms with Crippen molar-refractivity contribution >= 4 is 11.6 Å². The van der Waals surface area contributed by atoms with Crippen LogP contribution in [0.25, 0.3) is 0 Å². The Balaban J connectivity index is 2.02. The highest BCUT2D eigenvalue weighted by Gasteiger charge is 2.02. The van der Waals surface area contributed by atoms with Crippen molar-refractivity contribution in [3.63, 3.8) is 0 Å². The van der Waals surface area contributed by atoms with E-state index in [1.54, 1.807) is 6.20 Å². The summed E-state index contributed by atoms with van der Waals surface area (Å²) >= 11 is 5.79. The minimum Gasteiger partial charge on any atom is -0.333 e. The second-order valence-electron chi connectivity index (χ2n) is 3.41. The van der Waals surface area contributed by atoms with Crippen LogP contribution < -0.4 is 0 Å². The van der Waals surface area contributed by atoms with Crippen LogP contribution in [0.5, 0.6) is 0 Å². The van der Waals surface area contributed by atoms with Gasteiger partial charge in [-0.3, -0.25) is 4.68 Å². The standard InChI is InChI=1S/C10H13ClN4/c1-14-9(2-4-13-14)3-5-15-8-12-7-10(15)6-11/h2,4,7-8H,3,5-6H2,1H3. The second kappa shape index (κ2) is 4.49. The number of alkyl halides is 1. The Morgan fingerprint density at radius 1 is 1.40 bits per heavy atom. The Morgan fingerprint density at radius 2 is 2.27 bits per heavy atom. The lowest BCUT2D eigenvalue weighted by molar-refractivity contribution is 0.625. The summed E-state index contributed by atoms with van der Waals surface area (Å²) in [6.45, 7) is 0.890. The minimum atomic E-state index is 0.505. The molecule has 0 saturated carbocycles. The van der Waals surface area contributed by atoms with Crippen molar-refractivity contribution in [1.29, 1.82) is 0 Å². The topological polar surface area (TPSA) is 35.6 Å². The number of nitrogens with zero attached hydrogens (tertiary/aromatic N) is 4. The van der Waals surface area contributed by atoms with E-state index in [9.17, 15) is 0 Å². The van der Waals surface area contributed by atoms with Crippen molar-refractivity contribution in [1.82, 2.24) is 19.3 Å². The lowest BCUT2D eigenvalue weighted by Gasteiger charge is -2.06. The fourth-order valence-corrected chi connectivity index (χ4v) is 1.76. The molecule has 0 spiro atoms. The minimum absolute atomic E-state index is 0.505. The van der Waals surface area contributed by atoms with Gasteiger partial charge in [0.15, 0.2) is 0 Å². The molecule has 2 aromatic rings. The van der Waals surface area contributed by atoms with E-state index in [1.807, 2.05) is 30.3 Å². The maximum Gasteiger partial charge on any atom is 0.0948 e. The SMILES string of the molecule is Cn1nccc1CCn1cncc1CCl. The molecule has 0 atom stereocenters. The quantitative estimate of drug-likeness (QED) is 0.740. The van der Waals surface area contributed by atoms with Gasteiger partial charge in [0.1, 0.15) is 0 Å². The van der Waals surface area contributed by atoms with Gasteiger partial charge in [0.2, 0.25) is 0 Å². The maximum atomic E-state index is 5.79. The van der Waals surface area contributed by atoms with Crippen molar-refractivity contribution in [3.8, 4) is 0 Å². The third-order valence-corrected chi connectivity index (χ3v) is 2.74. The summed E-state index contributed by atoms with van der Waals surface area (Å²) in [5.41, 5.74) is 2.27. The normalized spacial score (nSPS) is 10.8. The molecule has 0 aliphatic heterocycles. The Hall–Kier alpha value is -1.29. The Kier molecular flexibility index (Phi) is 3.06. The van der Waals surface area contributed by atoms with Gasteiger partial charge in [-0.1, -0.05) is 0 Å². The number of aryl methyl sites for hydroxylation is 3.